The molecule has 1 amide bonds. The Bertz CT molecular complexity index is 836. The topological polar surface area (TPSA) is 107 Å². The zero-order valence-electron chi connectivity index (χ0n) is 14.9. The number of halogens is 1. The lowest BCUT2D eigenvalue weighted by molar-refractivity contribution is -0.139. The van der Waals surface area contributed by atoms with Crippen LogP contribution in [0.25, 0.3) is 0 Å². The standard InChI is InChI=1S/C18H23ClN2O5S/c19-12-5-6-16(20)15(9-12)18(23)26-10-17(22)21(13-3-1-2-4-13)14-7-8-27(24,25)11-14/h5-6,9,13-14H,1-4,7-8,10-11,20H2/t14-/m1/s1. The number of hydrogen-bond donors (Lipinski definition) is 1. The zero-order valence-corrected chi connectivity index (χ0v) is 16.5. The van der Waals surface area contributed by atoms with Crippen molar-refractivity contribution in [1.82, 2.24) is 4.90 Å². The molecule has 1 aliphatic heterocycles. The molecule has 2 N–H and O–H groups in total. The number of carbonyl (C=O) groups is 2. The largest absolute Gasteiger partial charge is 0.452 e. The molecule has 0 aromatic heterocycles. The first-order valence-corrected chi connectivity index (χ1v) is 11.2. The molecule has 1 saturated heterocycles. The number of nitrogens with zero attached hydrogens (tertiary/aromatic N) is 1. The maximum Gasteiger partial charge on any atom is 0.340 e. The summed E-state index contributed by atoms with van der Waals surface area (Å²) in [5.41, 5.74) is 6.08. The zero-order chi connectivity index (χ0) is 19.6. The number of rotatable bonds is 5. The van der Waals surface area contributed by atoms with Crippen LogP contribution >= 0.6 is 11.6 Å². The van der Waals surface area contributed by atoms with Crippen molar-refractivity contribution < 1.29 is 22.7 Å². The van der Waals surface area contributed by atoms with Gasteiger partial charge < -0.3 is 15.4 Å². The maximum atomic E-state index is 12.8. The van der Waals surface area contributed by atoms with Crippen molar-refractivity contribution in [1.29, 1.82) is 0 Å². The first kappa shape index (κ1) is 19.9. The van der Waals surface area contributed by atoms with Gasteiger partial charge in [-0.15, -0.1) is 0 Å². The molecule has 0 spiro atoms. The van der Waals surface area contributed by atoms with Crippen molar-refractivity contribution in [2.45, 2.75) is 44.2 Å². The summed E-state index contributed by atoms with van der Waals surface area (Å²) in [4.78, 5) is 26.7. The van der Waals surface area contributed by atoms with Gasteiger partial charge in [-0.1, -0.05) is 24.4 Å². The van der Waals surface area contributed by atoms with Crippen molar-refractivity contribution in [3.63, 3.8) is 0 Å². The normalized spacial score (nSPS) is 21.9. The summed E-state index contributed by atoms with van der Waals surface area (Å²) in [6.07, 6.45) is 4.13. The summed E-state index contributed by atoms with van der Waals surface area (Å²) in [7, 11) is -3.12. The number of sulfone groups is 1. The fraction of sp³-hybridized carbons (Fsp3) is 0.556. The molecule has 2 aliphatic rings. The number of carbonyl (C=O) groups excluding carboxylic acids is 2. The molecule has 27 heavy (non-hydrogen) atoms. The van der Waals surface area contributed by atoms with Crippen LogP contribution in [-0.2, 0) is 19.4 Å². The van der Waals surface area contributed by atoms with E-state index >= 15 is 0 Å². The number of ether oxygens (including phenoxy) is 1. The van der Waals surface area contributed by atoms with E-state index < -0.39 is 22.4 Å². The van der Waals surface area contributed by atoms with Gasteiger partial charge in [0.25, 0.3) is 5.91 Å². The highest BCUT2D eigenvalue weighted by Crippen LogP contribution is 2.29. The molecule has 3 rings (SSSR count). The highest BCUT2D eigenvalue weighted by molar-refractivity contribution is 7.91. The van der Waals surface area contributed by atoms with E-state index in [-0.39, 0.29) is 40.7 Å². The van der Waals surface area contributed by atoms with Gasteiger partial charge in [0.15, 0.2) is 16.4 Å². The van der Waals surface area contributed by atoms with E-state index in [2.05, 4.69) is 0 Å². The first-order chi connectivity index (χ1) is 12.8. The van der Waals surface area contributed by atoms with E-state index in [1.807, 2.05) is 0 Å². The quantitative estimate of drug-likeness (QED) is 0.583. The number of hydrogen-bond acceptors (Lipinski definition) is 6. The van der Waals surface area contributed by atoms with Crippen molar-refractivity contribution in [3.05, 3.63) is 28.8 Å². The summed E-state index contributed by atoms with van der Waals surface area (Å²) in [6.45, 7) is -0.447. The first-order valence-electron chi connectivity index (χ1n) is 9.00. The smallest absolute Gasteiger partial charge is 0.340 e. The lowest BCUT2D eigenvalue weighted by Crippen LogP contribution is -2.48. The van der Waals surface area contributed by atoms with Gasteiger partial charge in [-0.3, -0.25) is 4.79 Å². The molecular formula is C18H23ClN2O5S. The summed E-state index contributed by atoms with van der Waals surface area (Å²) in [5.74, 6) is -1.02. The second-order valence-electron chi connectivity index (χ2n) is 7.10. The van der Waals surface area contributed by atoms with Crippen molar-refractivity contribution in [2.75, 3.05) is 23.8 Å². The Kier molecular flexibility index (Phi) is 5.95. The average molecular weight is 415 g/mol. The third-order valence-electron chi connectivity index (χ3n) is 5.17. The minimum atomic E-state index is -3.12. The average Bonchev–Trinajstić information content (AvgIpc) is 3.25. The third kappa shape index (κ3) is 4.73. The molecule has 1 atom stereocenters. The van der Waals surface area contributed by atoms with E-state index in [0.717, 1.165) is 25.7 Å². The molecule has 0 radical (unpaired) electrons. The summed E-state index contributed by atoms with van der Waals surface area (Å²) >= 11 is 5.88. The van der Waals surface area contributed by atoms with Gasteiger partial charge in [-0.2, -0.15) is 0 Å². The number of esters is 1. The Morgan fingerprint density at radius 3 is 2.52 bits per heavy atom. The minimum Gasteiger partial charge on any atom is -0.452 e. The predicted molar refractivity (Wildman–Crippen MR) is 102 cm³/mol. The molecule has 2 fully saturated rings. The summed E-state index contributed by atoms with van der Waals surface area (Å²) in [6, 6.07) is 4.10. The number of amides is 1. The molecule has 0 bridgehead atoms. The Hall–Kier alpha value is -1.80. The van der Waals surface area contributed by atoms with E-state index in [4.69, 9.17) is 22.1 Å². The van der Waals surface area contributed by atoms with Crippen molar-refractivity contribution in [3.8, 4) is 0 Å². The molecule has 1 aromatic rings. The van der Waals surface area contributed by atoms with Gasteiger partial charge in [0, 0.05) is 22.8 Å². The summed E-state index contributed by atoms with van der Waals surface area (Å²) in [5, 5.41) is 0.339. The summed E-state index contributed by atoms with van der Waals surface area (Å²) < 4.78 is 28.9. The Labute approximate surface area is 163 Å². The number of nitrogen functional groups attached to an aromatic ring is 1. The van der Waals surface area contributed by atoms with Crippen LogP contribution in [0.5, 0.6) is 0 Å². The molecule has 9 heteroatoms. The van der Waals surface area contributed by atoms with E-state index in [9.17, 15) is 18.0 Å². The second-order valence-corrected chi connectivity index (χ2v) is 9.77. The second kappa shape index (κ2) is 8.06. The van der Waals surface area contributed by atoms with Gasteiger partial charge in [-0.05, 0) is 37.5 Å². The fourth-order valence-electron chi connectivity index (χ4n) is 3.87. The van der Waals surface area contributed by atoms with Gasteiger partial charge >= 0.3 is 5.97 Å². The van der Waals surface area contributed by atoms with Crippen LogP contribution in [-0.4, -0.2) is 55.4 Å². The molecule has 1 saturated carbocycles. The molecular weight excluding hydrogens is 392 g/mol. The maximum absolute atomic E-state index is 12.8. The van der Waals surface area contributed by atoms with Crippen LogP contribution < -0.4 is 5.73 Å². The molecule has 1 aromatic carbocycles. The van der Waals surface area contributed by atoms with Crippen LogP contribution in [0.3, 0.4) is 0 Å². The highest BCUT2D eigenvalue weighted by Gasteiger charge is 2.39. The van der Waals surface area contributed by atoms with E-state index in [0.29, 0.717) is 11.4 Å². The van der Waals surface area contributed by atoms with E-state index in [1.165, 1.54) is 12.1 Å². The van der Waals surface area contributed by atoms with Gasteiger partial charge in [0.2, 0.25) is 0 Å². The van der Waals surface area contributed by atoms with Gasteiger partial charge in [-0.25, -0.2) is 13.2 Å². The third-order valence-corrected chi connectivity index (χ3v) is 7.16. The monoisotopic (exact) mass is 414 g/mol. The number of anilines is 1. The molecule has 0 unspecified atom stereocenters. The van der Waals surface area contributed by atoms with Crippen LogP contribution in [0.2, 0.25) is 5.02 Å². The van der Waals surface area contributed by atoms with Crippen molar-refractivity contribution in [2.24, 2.45) is 0 Å². The van der Waals surface area contributed by atoms with Gasteiger partial charge in [0.05, 0.1) is 17.1 Å². The Morgan fingerprint density at radius 1 is 1.19 bits per heavy atom. The van der Waals surface area contributed by atoms with Crippen molar-refractivity contribution >= 4 is 39.0 Å². The molecule has 148 valence electrons. The molecule has 7 nitrogen and oxygen atoms in total. The molecule has 1 aliphatic carbocycles. The lowest BCUT2D eigenvalue weighted by Gasteiger charge is -2.33. The fourth-order valence-corrected chi connectivity index (χ4v) is 5.75. The van der Waals surface area contributed by atoms with Gasteiger partial charge in [0.1, 0.15) is 0 Å². The van der Waals surface area contributed by atoms with Crippen LogP contribution in [0.1, 0.15) is 42.5 Å². The number of nitrogens with two attached hydrogens (primary N) is 1. The predicted octanol–water partition coefficient (Wildman–Crippen LogP) is 2.04. The van der Waals surface area contributed by atoms with Crippen LogP contribution in [0.4, 0.5) is 5.69 Å². The Balaban J connectivity index is 1.69. The lowest BCUT2D eigenvalue weighted by atomic mass is 10.1. The Morgan fingerprint density at radius 2 is 1.89 bits per heavy atom. The van der Waals surface area contributed by atoms with Crippen LogP contribution in [0, 0.1) is 0 Å². The van der Waals surface area contributed by atoms with E-state index in [1.54, 1.807) is 11.0 Å². The minimum absolute atomic E-state index is 0.00532. The SMILES string of the molecule is Nc1ccc(Cl)cc1C(=O)OCC(=O)N(C1CCCC1)[C@@H]1CCS(=O)(=O)C1. The molecule has 1 heterocycles. The number of benzene rings is 1. The van der Waals surface area contributed by atoms with Crippen LogP contribution in [0.15, 0.2) is 18.2 Å². The highest BCUT2D eigenvalue weighted by atomic mass is 35.5.